The van der Waals surface area contributed by atoms with Crippen LogP contribution in [0.5, 0.6) is 0 Å². The first-order chi connectivity index (χ1) is 11.3. The van der Waals surface area contributed by atoms with E-state index in [0.29, 0.717) is 11.1 Å². The maximum Gasteiger partial charge on any atom is 0.255 e. The summed E-state index contributed by atoms with van der Waals surface area (Å²) in [6, 6.07) is 7.50. The van der Waals surface area contributed by atoms with E-state index >= 15 is 0 Å². The van der Waals surface area contributed by atoms with Crippen molar-refractivity contribution in [2.75, 3.05) is 11.9 Å². The second-order valence-corrected chi connectivity index (χ2v) is 5.74. The van der Waals surface area contributed by atoms with Crippen LogP contribution in [0.1, 0.15) is 28.4 Å². The van der Waals surface area contributed by atoms with E-state index in [0.717, 1.165) is 0 Å². The summed E-state index contributed by atoms with van der Waals surface area (Å²) in [5.74, 6) is -0.875. The Balaban J connectivity index is 2.29. The van der Waals surface area contributed by atoms with Gasteiger partial charge >= 0.3 is 0 Å². The smallest absolute Gasteiger partial charge is 0.255 e. The van der Waals surface area contributed by atoms with Crippen LogP contribution < -0.4 is 10.2 Å². The van der Waals surface area contributed by atoms with Gasteiger partial charge in [0.05, 0.1) is 5.56 Å². The van der Waals surface area contributed by atoms with Crippen molar-refractivity contribution in [3.63, 3.8) is 0 Å². The molecule has 1 aromatic heterocycles. The molecule has 0 fully saturated rings. The van der Waals surface area contributed by atoms with Crippen molar-refractivity contribution in [1.29, 1.82) is 0 Å². The number of nitrogens with zero attached hydrogens (tertiary/aromatic N) is 2. The molecule has 1 heterocycles. The number of hydrogen-bond acceptors (Lipinski definition) is 3. The lowest BCUT2D eigenvalue weighted by Gasteiger charge is -2.19. The van der Waals surface area contributed by atoms with Gasteiger partial charge in [-0.15, -0.1) is 0 Å². The Labute approximate surface area is 144 Å². The first-order valence-corrected chi connectivity index (χ1v) is 7.61. The molecule has 0 aliphatic rings. The van der Waals surface area contributed by atoms with Crippen LogP contribution in [0.3, 0.4) is 0 Å². The van der Waals surface area contributed by atoms with Gasteiger partial charge in [0.1, 0.15) is 16.8 Å². The highest BCUT2D eigenvalue weighted by atomic mass is 35.5. The molecule has 2 rings (SSSR count). The second-order valence-electron chi connectivity index (χ2n) is 5.35. The minimum atomic E-state index is -0.413. The minimum Gasteiger partial charge on any atom is -0.348 e. The standard InChI is InChI=1S/C17H17ClFN3O2/c1-10-7-14(18)21-16(22(3)11(2)23)15(10)17(24)20-9-12-5-4-6-13(19)8-12/h4-8H,9H2,1-3H3,(H,20,24). The van der Waals surface area contributed by atoms with Gasteiger partial charge in [-0.1, -0.05) is 23.7 Å². The molecule has 24 heavy (non-hydrogen) atoms. The zero-order valence-corrected chi connectivity index (χ0v) is 14.3. The minimum absolute atomic E-state index is 0.155. The number of aromatic nitrogens is 1. The van der Waals surface area contributed by atoms with Gasteiger partial charge in [-0.25, -0.2) is 9.37 Å². The van der Waals surface area contributed by atoms with E-state index < -0.39 is 5.91 Å². The zero-order chi connectivity index (χ0) is 17.9. The van der Waals surface area contributed by atoms with Gasteiger partial charge in [-0.05, 0) is 36.2 Å². The SMILES string of the molecule is CC(=O)N(C)c1nc(Cl)cc(C)c1C(=O)NCc1cccc(F)c1. The third kappa shape index (κ3) is 4.08. The largest absolute Gasteiger partial charge is 0.348 e. The Hall–Kier alpha value is -2.47. The predicted octanol–water partition coefficient (Wildman–Crippen LogP) is 3.10. The van der Waals surface area contributed by atoms with Gasteiger partial charge in [0.2, 0.25) is 5.91 Å². The summed E-state index contributed by atoms with van der Waals surface area (Å²) < 4.78 is 13.2. The molecule has 0 spiro atoms. The third-order valence-corrected chi connectivity index (χ3v) is 3.72. The monoisotopic (exact) mass is 349 g/mol. The summed E-state index contributed by atoms with van der Waals surface area (Å²) >= 11 is 5.94. The molecule has 0 bridgehead atoms. The van der Waals surface area contributed by atoms with Crippen molar-refractivity contribution in [3.8, 4) is 0 Å². The van der Waals surface area contributed by atoms with Gasteiger partial charge in [0, 0.05) is 20.5 Å². The number of rotatable bonds is 4. The number of carbonyl (C=O) groups excluding carboxylic acids is 2. The Bertz CT molecular complexity index is 795. The molecule has 0 radical (unpaired) electrons. The first-order valence-electron chi connectivity index (χ1n) is 7.23. The van der Waals surface area contributed by atoms with Gasteiger partial charge in [0.15, 0.2) is 0 Å². The van der Waals surface area contributed by atoms with E-state index in [1.807, 2.05) is 0 Å². The molecular weight excluding hydrogens is 333 g/mol. The fraction of sp³-hybridized carbons (Fsp3) is 0.235. The van der Waals surface area contributed by atoms with Gasteiger partial charge in [-0.3, -0.25) is 14.5 Å². The lowest BCUT2D eigenvalue weighted by Crippen LogP contribution is -2.30. The summed E-state index contributed by atoms with van der Waals surface area (Å²) in [7, 11) is 1.52. The Morgan fingerprint density at radius 1 is 1.33 bits per heavy atom. The summed E-state index contributed by atoms with van der Waals surface area (Å²) in [5.41, 5.74) is 1.48. The van der Waals surface area contributed by atoms with Crippen molar-refractivity contribution in [3.05, 3.63) is 58.0 Å². The van der Waals surface area contributed by atoms with Crippen LogP contribution in [-0.4, -0.2) is 23.8 Å². The maximum absolute atomic E-state index is 13.2. The number of nitrogens with one attached hydrogen (secondary N) is 1. The molecule has 0 unspecified atom stereocenters. The van der Waals surface area contributed by atoms with Crippen LogP contribution in [-0.2, 0) is 11.3 Å². The van der Waals surface area contributed by atoms with Gasteiger partial charge in [-0.2, -0.15) is 0 Å². The van der Waals surface area contributed by atoms with Crippen LogP contribution in [0.4, 0.5) is 10.2 Å². The lowest BCUT2D eigenvalue weighted by molar-refractivity contribution is -0.116. The summed E-state index contributed by atoms with van der Waals surface area (Å²) in [4.78, 5) is 29.5. The Morgan fingerprint density at radius 2 is 2.04 bits per heavy atom. The van der Waals surface area contributed by atoms with Crippen molar-refractivity contribution in [1.82, 2.24) is 10.3 Å². The normalized spacial score (nSPS) is 10.4. The zero-order valence-electron chi connectivity index (χ0n) is 13.6. The van der Waals surface area contributed by atoms with E-state index in [9.17, 15) is 14.0 Å². The number of halogens is 2. The Morgan fingerprint density at radius 3 is 2.67 bits per heavy atom. The van der Waals surface area contributed by atoms with E-state index in [4.69, 9.17) is 11.6 Å². The van der Waals surface area contributed by atoms with Crippen LogP contribution in [0.15, 0.2) is 30.3 Å². The molecule has 126 valence electrons. The second kappa shape index (κ2) is 7.40. The van der Waals surface area contributed by atoms with Crippen LogP contribution in [0.25, 0.3) is 0 Å². The molecule has 7 heteroatoms. The van der Waals surface area contributed by atoms with Gasteiger partial charge in [0.25, 0.3) is 5.91 Å². The number of anilines is 1. The average molecular weight is 350 g/mol. The van der Waals surface area contributed by atoms with Crippen LogP contribution in [0.2, 0.25) is 5.15 Å². The molecular formula is C17H17ClFN3O2. The van der Waals surface area contributed by atoms with E-state index in [2.05, 4.69) is 10.3 Å². The molecule has 0 saturated carbocycles. The van der Waals surface area contributed by atoms with Crippen molar-refractivity contribution < 1.29 is 14.0 Å². The van der Waals surface area contributed by atoms with Crippen molar-refractivity contribution in [2.45, 2.75) is 20.4 Å². The third-order valence-electron chi connectivity index (χ3n) is 3.53. The highest BCUT2D eigenvalue weighted by Gasteiger charge is 2.21. The number of carbonyl (C=O) groups is 2. The molecule has 1 N–H and O–H groups in total. The lowest BCUT2D eigenvalue weighted by atomic mass is 10.1. The fourth-order valence-corrected chi connectivity index (χ4v) is 2.45. The number of benzene rings is 1. The highest BCUT2D eigenvalue weighted by molar-refractivity contribution is 6.29. The van der Waals surface area contributed by atoms with Crippen molar-refractivity contribution >= 4 is 29.2 Å². The average Bonchev–Trinajstić information content (AvgIpc) is 2.51. The van der Waals surface area contributed by atoms with Gasteiger partial charge < -0.3 is 5.32 Å². The molecule has 0 aliphatic carbocycles. The fourth-order valence-electron chi connectivity index (χ4n) is 2.21. The van der Waals surface area contributed by atoms with E-state index in [-0.39, 0.29) is 34.8 Å². The molecule has 1 aromatic carbocycles. The van der Waals surface area contributed by atoms with Crippen LogP contribution in [0, 0.1) is 12.7 Å². The first kappa shape index (κ1) is 17.9. The number of amides is 2. The number of aryl methyl sites for hydroxylation is 1. The summed E-state index contributed by atoms with van der Waals surface area (Å²) in [6.45, 7) is 3.23. The molecule has 2 aromatic rings. The van der Waals surface area contributed by atoms with Crippen LogP contribution >= 0.6 is 11.6 Å². The number of pyridine rings is 1. The molecule has 0 aliphatic heterocycles. The quantitative estimate of drug-likeness (QED) is 0.863. The van der Waals surface area contributed by atoms with Crippen molar-refractivity contribution in [2.24, 2.45) is 0 Å². The van der Waals surface area contributed by atoms with E-state index in [1.165, 1.54) is 31.0 Å². The topological polar surface area (TPSA) is 62.3 Å². The maximum atomic E-state index is 13.2. The summed E-state index contributed by atoms with van der Waals surface area (Å²) in [6.07, 6.45) is 0. The molecule has 5 nitrogen and oxygen atoms in total. The predicted molar refractivity (Wildman–Crippen MR) is 90.6 cm³/mol. The molecule has 2 amide bonds. The number of hydrogen-bond donors (Lipinski definition) is 1. The summed E-state index contributed by atoms with van der Waals surface area (Å²) in [5, 5.41) is 2.90. The Kier molecular flexibility index (Phi) is 5.51. The molecule has 0 saturated heterocycles. The highest BCUT2D eigenvalue weighted by Crippen LogP contribution is 2.24. The molecule has 0 atom stereocenters. The van der Waals surface area contributed by atoms with E-state index in [1.54, 1.807) is 25.1 Å².